The van der Waals surface area contributed by atoms with Crippen LogP contribution < -0.4 is 0 Å². The van der Waals surface area contributed by atoms with Gasteiger partial charge in [0.05, 0.1) is 6.61 Å². The summed E-state index contributed by atoms with van der Waals surface area (Å²) in [6.45, 7) is 9.72. The highest BCUT2D eigenvalue weighted by Gasteiger charge is 2.41. The van der Waals surface area contributed by atoms with E-state index in [9.17, 15) is 5.11 Å². The van der Waals surface area contributed by atoms with E-state index in [-0.39, 0.29) is 5.41 Å². The molecule has 1 aliphatic carbocycles. The Morgan fingerprint density at radius 1 is 1.03 bits per heavy atom. The lowest BCUT2D eigenvalue weighted by Crippen LogP contribution is -2.31. The van der Waals surface area contributed by atoms with Crippen molar-refractivity contribution < 1.29 is 9.84 Å². The van der Waals surface area contributed by atoms with Gasteiger partial charge >= 0.3 is 0 Å². The van der Waals surface area contributed by atoms with Gasteiger partial charge in [0.25, 0.3) is 0 Å². The Labute approximate surface area is 192 Å². The lowest BCUT2D eigenvalue weighted by molar-refractivity contribution is 0.0958. The van der Waals surface area contributed by atoms with Crippen LogP contribution in [0.4, 0.5) is 0 Å². The summed E-state index contributed by atoms with van der Waals surface area (Å²) in [4.78, 5) is 0. The highest BCUT2D eigenvalue weighted by atomic mass is 79.9. The predicted molar refractivity (Wildman–Crippen MR) is 132 cm³/mol. The zero-order chi connectivity index (χ0) is 22.0. The van der Waals surface area contributed by atoms with Crippen LogP contribution in [0.25, 0.3) is 6.08 Å². The van der Waals surface area contributed by atoms with Crippen molar-refractivity contribution in [3.8, 4) is 0 Å². The van der Waals surface area contributed by atoms with Crippen molar-refractivity contribution in [3.63, 3.8) is 0 Å². The van der Waals surface area contributed by atoms with E-state index in [0.29, 0.717) is 5.76 Å². The van der Waals surface area contributed by atoms with Crippen LogP contribution in [0.1, 0.15) is 91.0 Å². The number of allylic oxidation sites excluding steroid dienone is 4. The second kappa shape index (κ2) is 12.4. The average Bonchev–Trinajstić information content (AvgIpc) is 2.73. The molecule has 0 aliphatic heterocycles. The number of aliphatic hydroxyl groups is 1. The molecule has 0 heterocycles. The lowest BCUT2D eigenvalue weighted by atomic mass is 9.66. The van der Waals surface area contributed by atoms with Crippen LogP contribution in [0.3, 0.4) is 0 Å². The molecule has 1 N–H and O–H groups in total. The highest BCUT2D eigenvalue weighted by molar-refractivity contribution is 9.10. The fourth-order valence-electron chi connectivity index (χ4n) is 4.76. The van der Waals surface area contributed by atoms with Gasteiger partial charge in [-0.05, 0) is 73.4 Å². The maximum absolute atomic E-state index is 11.0. The molecule has 0 aromatic heterocycles. The van der Waals surface area contributed by atoms with Crippen molar-refractivity contribution >= 4 is 22.0 Å². The molecule has 1 aromatic carbocycles. The molecule has 3 heteroatoms. The minimum atomic E-state index is 0.0240. The summed E-state index contributed by atoms with van der Waals surface area (Å²) in [6.07, 6.45) is 13.3. The summed E-state index contributed by atoms with van der Waals surface area (Å²) in [5.41, 5.74) is 3.68. The van der Waals surface area contributed by atoms with E-state index in [1.54, 1.807) is 0 Å². The van der Waals surface area contributed by atoms with Crippen LogP contribution in [0.2, 0.25) is 0 Å². The Morgan fingerprint density at radius 3 is 2.27 bits per heavy atom. The monoisotopic (exact) mass is 474 g/mol. The van der Waals surface area contributed by atoms with Gasteiger partial charge in [0, 0.05) is 9.89 Å². The zero-order valence-corrected chi connectivity index (χ0v) is 20.9. The molecule has 2 nitrogen and oxygen atoms in total. The Kier molecular flexibility index (Phi) is 10.2. The number of aliphatic hydroxyl groups excluding tert-OH is 1. The first-order valence-corrected chi connectivity index (χ1v) is 12.5. The van der Waals surface area contributed by atoms with Gasteiger partial charge in [-0.2, -0.15) is 0 Å². The molecule has 0 saturated carbocycles. The van der Waals surface area contributed by atoms with E-state index in [4.69, 9.17) is 4.74 Å². The summed E-state index contributed by atoms with van der Waals surface area (Å²) in [7, 11) is 0. The maximum atomic E-state index is 11.0. The number of hydrogen-bond acceptors (Lipinski definition) is 2. The third-order valence-electron chi connectivity index (χ3n) is 5.91. The summed E-state index contributed by atoms with van der Waals surface area (Å²) >= 11 is 3.47. The van der Waals surface area contributed by atoms with Crippen molar-refractivity contribution in [3.05, 3.63) is 63.0 Å². The molecule has 2 rings (SSSR count). The van der Waals surface area contributed by atoms with Crippen LogP contribution in [0, 0.1) is 5.41 Å². The largest absolute Gasteiger partial charge is 0.508 e. The third-order valence-corrected chi connectivity index (χ3v) is 6.44. The van der Waals surface area contributed by atoms with Crippen LogP contribution in [0.15, 0.2) is 57.5 Å². The molecule has 0 radical (unpaired) electrons. The highest BCUT2D eigenvalue weighted by Crippen LogP contribution is 2.51. The third kappa shape index (κ3) is 6.51. The number of benzene rings is 1. The van der Waals surface area contributed by atoms with E-state index in [2.05, 4.69) is 55.8 Å². The molecule has 0 bridgehead atoms. The molecule has 0 atom stereocenters. The lowest BCUT2D eigenvalue weighted by Gasteiger charge is -2.42. The molecule has 0 amide bonds. The smallest absolute Gasteiger partial charge is 0.115 e. The zero-order valence-electron chi connectivity index (χ0n) is 19.3. The number of ether oxygens (including phenoxy) is 1. The average molecular weight is 476 g/mol. The molecule has 1 aliphatic rings. The Balaban J connectivity index is 2.45. The maximum Gasteiger partial charge on any atom is 0.115 e. The van der Waals surface area contributed by atoms with E-state index in [0.717, 1.165) is 80.0 Å². The molecular formula is C27H39BrO2. The first-order valence-electron chi connectivity index (χ1n) is 11.7. The fourth-order valence-corrected chi connectivity index (χ4v) is 5.03. The predicted octanol–water partition coefficient (Wildman–Crippen LogP) is 9.14. The Hall–Kier alpha value is -1.48. The summed E-state index contributed by atoms with van der Waals surface area (Å²) in [6, 6.07) is 8.16. The van der Waals surface area contributed by atoms with Crippen molar-refractivity contribution in [2.45, 2.75) is 85.5 Å². The quantitative estimate of drug-likeness (QED) is 0.323. The topological polar surface area (TPSA) is 29.5 Å². The second-order valence-electron chi connectivity index (χ2n) is 8.54. The molecule has 30 heavy (non-hydrogen) atoms. The molecule has 0 unspecified atom stereocenters. The molecule has 0 spiro atoms. The fraction of sp³-hybridized carbons (Fsp3) is 0.556. The van der Waals surface area contributed by atoms with Gasteiger partial charge in [0.2, 0.25) is 0 Å². The van der Waals surface area contributed by atoms with Gasteiger partial charge in [-0.25, -0.2) is 0 Å². The normalized spacial score (nSPS) is 18.2. The van der Waals surface area contributed by atoms with Crippen molar-refractivity contribution in [1.29, 1.82) is 0 Å². The second-order valence-corrected chi connectivity index (χ2v) is 9.45. The first-order chi connectivity index (χ1) is 14.5. The summed E-state index contributed by atoms with van der Waals surface area (Å²) in [5.74, 6) is 1.68. The SMILES string of the molecule is CCCOC1=C(CCC)C/C(=C(O)/C=C/c2ccc(Br)cc2)CC1(CCC)CCC. The molecule has 0 fully saturated rings. The number of rotatable bonds is 11. The van der Waals surface area contributed by atoms with Crippen LogP contribution in [-0.4, -0.2) is 11.7 Å². The van der Waals surface area contributed by atoms with Crippen molar-refractivity contribution in [2.24, 2.45) is 5.41 Å². The number of hydrogen-bond donors (Lipinski definition) is 1. The van der Waals surface area contributed by atoms with Crippen LogP contribution in [-0.2, 0) is 4.74 Å². The van der Waals surface area contributed by atoms with Crippen molar-refractivity contribution in [2.75, 3.05) is 6.61 Å². The van der Waals surface area contributed by atoms with E-state index in [1.807, 2.05) is 24.3 Å². The van der Waals surface area contributed by atoms with Gasteiger partial charge in [-0.15, -0.1) is 0 Å². The van der Waals surface area contributed by atoms with Gasteiger partial charge in [-0.1, -0.05) is 81.1 Å². The molecule has 0 saturated heterocycles. The minimum absolute atomic E-state index is 0.0240. The minimum Gasteiger partial charge on any atom is -0.508 e. The van der Waals surface area contributed by atoms with Gasteiger partial charge in [0.15, 0.2) is 0 Å². The summed E-state index contributed by atoms with van der Waals surface area (Å²) in [5, 5.41) is 11.0. The van der Waals surface area contributed by atoms with Gasteiger partial charge in [-0.3, -0.25) is 0 Å². The van der Waals surface area contributed by atoms with Gasteiger partial charge < -0.3 is 9.84 Å². The van der Waals surface area contributed by atoms with Crippen LogP contribution in [0.5, 0.6) is 0 Å². The van der Waals surface area contributed by atoms with E-state index < -0.39 is 0 Å². The summed E-state index contributed by atoms with van der Waals surface area (Å²) < 4.78 is 7.50. The molecule has 1 aromatic rings. The van der Waals surface area contributed by atoms with Crippen LogP contribution >= 0.6 is 15.9 Å². The van der Waals surface area contributed by atoms with Gasteiger partial charge in [0.1, 0.15) is 11.5 Å². The number of halogens is 1. The molecule has 166 valence electrons. The van der Waals surface area contributed by atoms with E-state index >= 15 is 0 Å². The standard InChI is InChI=1S/C27H39BrO2/c1-5-9-22-19-23(25(29)15-12-21-10-13-24(28)14-11-21)20-27(16-6-2,17-7-3)26(22)30-18-8-4/h10-15,29H,5-9,16-20H2,1-4H3/b15-12+,25-23+. The Morgan fingerprint density at radius 2 is 1.70 bits per heavy atom. The molecular weight excluding hydrogens is 436 g/mol. The Bertz CT molecular complexity index is 750. The first kappa shape index (κ1) is 24.8. The van der Waals surface area contributed by atoms with E-state index in [1.165, 1.54) is 11.3 Å². The van der Waals surface area contributed by atoms with Crippen molar-refractivity contribution in [1.82, 2.24) is 0 Å².